The van der Waals surface area contributed by atoms with Crippen molar-refractivity contribution >= 4 is 12.0 Å². The van der Waals surface area contributed by atoms with Gasteiger partial charge in [0.2, 0.25) is 0 Å². The largest absolute Gasteiger partial charge is 0.459 e. The number of urea groups is 1. The Kier molecular flexibility index (Phi) is 4.51. The van der Waals surface area contributed by atoms with Crippen LogP contribution in [0.4, 0.5) is 4.79 Å². The molecular formula is C20H29N3O3. The summed E-state index contributed by atoms with van der Waals surface area (Å²) in [7, 11) is 4.16. The standard InChI is InChI=1S/C20H29N3O3/c1-18(2,3)26-16(24)11-23-14-19(21-17(23)25)12-20(13-19,22(4)5)15-9-7-6-8-10-15/h6-10H,11-14H2,1-5H3,(H,21,25). The van der Waals surface area contributed by atoms with Crippen LogP contribution in [0.5, 0.6) is 0 Å². The van der Waals surface area contributed by atoms with Gasteiger partial charge in [0.1, 0.15) is 12.1 Å². The third-order valence-corrected chi connectivity index (χ3v) is 5.32. The first-order chi connectivity index (χ1) is 12.1. The van der Waals surface area contributed by atoms with Crippen LogP contribution in [0.25, 0.3) is 0 Å². The molecule has 1 aromatic rings. The number of esters is 1. The third-order valence-electron chi connectivity index (χ3n) is 5.32. The highest BCUT2D eigenvalue weighted by Crippen LogP contribution is 2.53. The van der Waals surface area contributed by atoms with Crippen molar-refractivity contribution in [2.75, 3.05) is 27.2 Å². The predicted octanol–water partition coefficient (Wildman–Crippen LogP) is 2.34. The molecular weight excluding hydrogens is 330 g/mol. The van der Waals surface area contributed by atoms with E-state index >= 15 is 0 Å². The fraction of sp³-hybridized carbons (Fsp3) is 0.600. The molecule has 1 spiro atoms. The number of carbonyl (C=O) groups is 2. The van der Waals surface area contributed by atoms with Crippen molar-refractivity contribution in [1.29, 1.82) is 0 Å². The van der Waals surface area contributed by atoms with Crippen LogP contribution < -0.4 is 5.32 Å². The molecule has 1 aromatic carbocycles. The van der Waals surface area contributed by atoms with Gasteiger partial charge in [-0.1, -0.05) is 30.3 Å². The Balaban J connectivity index is 1.69. The molecule has 1 aliphatic carbocycles. The minimum Gasteiger partial charge on any atom is -0.459 e. The van der Waals surface area contributed by atoms with Crippen LogP contribution in [-0.2, 0) is 15.1 Å². The van der Waals surface area contributed by atoms with Gasteiger partial charge in [-0.15, -0.1) is 0 Å². The van der Waals surface area contributed by atoms with Crippen molar-refractivity contribution in [3.63, 3.8) is 0 Å². The lowest BCUT2D eigenvalue weighted by atomic mass is 9.59. The number of hydrogen-bond donors (Lipinski definition) is 1. The summed E-state index contributed by atoms with van der Waals surface area (Å²) in [4.78, 5) is 28.3. The zero-order valence-corrected chi connectivity index (χ0v) is 16.3. The average molecular weight is 359 g/mol. The van der Waals surface area contributed by atoms with Crippen molar-refractivity contribution in [3.8, 4) is 0 Å². The highest BCUT2D eigenvalue weighted by atomic mass is 16.6. The van der Waals surface area contributed by atoms with E-state index < -0.39 is 5.60 Å². The molecule has 6 nitrogen and oxygen atoms in total. The summed E-state index contributed by atoms with van der Waals surface area (Å²) in [5.74, 6) is -0.369. The van der Waals surface area contributed by atoms with Gasteiger partial charge < -0.3 is 15.0 Å². The number of benzene rings is 1. The Bertz CT molecular complexity index is 688. The molecule has 0 atom stereocenters. The zero-order chi connectivity index (χ0) is 19.2. The van der Waals surface area contributed by atoms with E-state index in [4.69, 9.17) is 4.74 Å². The first-order valence-corrected chi connectivity index (χ1v) is 9.07. The van der Waals surface area contributed by atoms with Gasteiger partial charge in [0.05, 0.1) is 11.1 Å². The van der Waals surface area contributed by atoms with E-state index in [0.717, 1.165) is 12.8 Å². The number of ether oxygens (including phenoxy) is 1. The fourth-order valence-electron chi connectivity index (χ4n) is 4.23. The zero-order valence-electron chi connectivity index (χ0n) is 16.3. The molecule has 6 heteroatoms. The van der Waals surface area contributed by atoms with E-state index in [1.165, 1.54) is 5.56 Å². The van der Waals surface area contributed by atoms with E-state index in [1.807, 2.05) is 39.0 Å². The SMILES string of the molecule is CN(C)C1(c2ccccc2)CC2(CN(CC(=O)OC(C)(C)C)C(=O)N2)C1. The Hall–Kier alpha value is -2.08. The van der Waals surface area contributed by atoms with Crippen molar-refractivity contribution < 1.29 is 14.3 Å². The lowest BCUT2D eigenvalue weighted by Crippen LogP contribution is -2.66. The van der Waals surface area contributed by atoms with Gasteiger partial charge in [0.15, 0.2) is 0 Å². The second-order valence-electron chi connectivity index (χ2n) is 8.80. The Morgan fingerprint density at radius 3 is 2.38 bits per heavy atom. The van der Waals surface area contributed by atoms with E-state index in [9.17, 15) is 9.59 Å². The van der Waals surface area contributed by atoms with Crippen molar-refractivity contribution in [2.45, 2.75) is 50.3 Å². The molecule has 0 unspecified atom stereocenters. The summed E-state index contributed by atoms with van der Waals surface area (Å²) in [6.45, 7) is 6.01. The number of rotatable bonds is 4. The lowest BCUT2D eigenvalue weighted by Gasteiger charge is -2.57. The molecule has 26 heavy (non-hydrogen) atoms. The predicted molar refractivity (Wildman–Crippen MR) is 99.7 cm³/mol. The maximum absolute atomic E-state index is 12.4. The average Bonchev–Trinajstić information content (AvgIpc) is 2.80. The topological polar surface area (TPSA) is 61.9 Å². The first kappa shape index (κ1) is 18.7. The maximum Gasteiger partial charge on any atom is 0.326 e. The summed E-state index contributed by atoms with van der Waals surface area (Å²) >= 11 is 0. The molecule has 142 valence electrons. The van der Waals surface area contributed by atoms with Crippen LogP contribution in [-0.4, -0.2) is 60.1 Å². The van der Waals surface area contributed by atoms with Gasteiger partial charge in [-0.05, 0) is 53.3 Å². The summed E-state index contributed by atoms with van der Waals surface area (Å²) in [6.07, 6.45) is 1.65. The van der Waals surface area contributed by atoms with Crippen LogP contribution in [0.1, 0.15) is 39.2 Å². The molecule has 3 rings (SSSR count). The Labute approximate surface area is 155 Å². The van der Waals surface area contributed by atoms with Crippen LogP contribution >= 0.6 is 0 Å². The molecule has 1 saturated heterocycles. The van der Waals surface area contributed by atoms with Crippen molar-refractivity contribution in [3.05, 3.63) is 35.9 Å². The van der Waals surface area contributed by atoms with Gasteiger partial charge in [-0.3, -0.25) is 9.69 Å². The third kappa shape index (κ3) is 3.43. The van der Waals surface area contributed by atoms with E-state index in [1.54, 1.807) is 4.90 Å². The van der Waals surface area contributed by atoms with Gasteiger partial charge in [0, 0.05) is 6.54 Å². The van der Waals surface area contributed by atoms with E-state index in [2.05, 4.69) is 36.4 Å². The lowest BCUT2D eigenvalue weighted by molar-refractivity contribution is -0.155. The minimum absolute atomic E-state index is 0.00878. The van der Waals surface area contributed by atoms with Gasteiger partial charge in [0.25, 0.3) is 0 Å². The number of nitrogens with zero attached hydrogens (tertiary/aromatic N) is 2. The molecule has 0 bridgehead atoms. The molecule has 1 heterocycles. The highest BCUT2D eigenvalue weighted by Gasteiger charge is 2.61. The van der Waals surface area contributed by atoms with Gasteiger partial charge >= 0.3 is 12.0 Å². The second-order valence-corrected chi connectivity index (χ2v) is 8.80. The molecule has 0 aromatic heterocycles. The normalized spacial score (nSPS) is 28.2. The molecule has 1 saturated carbocycles. The Morgan fingerprint density at radius 2 is 1.85 bits per heavy atom. The van der Waals surface area contributed by atoms with Crippen LogP contribution in [0.2, 0.25) is 0 Å². The smallest absolute Gasteiger partial charge is 0.326 e. The van der Waals surface area contributed by atoms with Gasteiger partial charge in [-0.2, -0.15) is 0 Å². The Morgan fingerprint density at radius 1 is 1.23 bits per heavy atom. The monoisotopic (exact) mass is 359 g/mol. The van der Waals surface area contributed by atoms with Crippen LogP contribution in [0.15, 0.2) is 30.3 Å². The second kappa shape index (κ2) is 6.27. The molecule has 1 aliphatic heterocycles. The molecule has 1 N–H and O–H groups in total. The highest BCUT2D eigenvalue weighted by molar-refractivity contribution is 5.84. The quantitative estimate of drug-likeness (QED) is 0.839. The first-order valence-electron chi connectivity index (χ1n) is 9.07. The molecule has 2 amide bonds. The summed E-state index contributed by atoms with van der Waals surface area (Å²) < 4.78 is 5.35. The van der Waals surface area contributed by atoms with Crippen LogP contribution in [0.3, 0.4) is 0 Å². The summed E-state index contributed by atoms with van der Waals surface area (Å²) in [5.41, 5.74) is 0.347. The maximum atomic E-state index is 12.4. The number of hydrogen-bond acceptors (Lipinski definition) is 4. The molecule has 2 aliphatic rings. The number of carbonyl (C=O) groups excluding carboxylic acids is 2. The van der Waals surface area contributed by atoms with Crippen molar-refractivity contribution in [1.82, 2.24) is 15.1 Å². The molecule has 2 fully saturated rings. The van der Waals surface area contributed by atoms with E-state index in [0.29, 0.717) is 6.54 Å². The summed E-state index contributed by atoms with van der Waals surface area (Å²) in [5, 5.41) is 3.12. The minimum atomic E-state index is -0.547. The number of nitrogens with one attached hydrogen (secondary N) is 1. The molecule has 0 radical (unpaired) electrons. The van der Waals surface area contributed by atoms with Gasteiger partial charge in [-0.25, -0.2) is 4.79 Å². The van der Waals surface area contributed by atoms with Crippen LogP contribution in [0, 0.1) is 0 Å². The van der Waals surface area contributed by atoms with Crippen molar-refractivity contribution in [2.24, 2.45) is 0 Å². The summed E-state index contributed by atoms with van der Waals surface area (Å²) in [6, 6.07) is 10.2. The fourth-order valence-corrected chi connectivity index (χ4v) is 4.23. The number of amides is 2. The van der Waals surface area contributed by atoms with E-state index in [-0.39, 0.29) is 29.6 Å².